The summed E-state index contributed by atoms with van der Waals surface area (Å²) in [7, 11) is 1.40. The molecule has 0 N–H and O–H groups in total. The Labute approximate surface area is 132 Å². The minimum atomic E-state index is -0.298. The van der Waals surface area contributed by atoms with Crippen LogP contribution in [0.2, 0.25) is 0 Å². The lowest BCUT2D eigenvalue weighted by atomic mass is 10.0. The molecule has 2 rings (SSSR count). The molecule has 0 amide bonds. The molecule has 0 saturated heterocycles. The normalized spacial score (nSPS) is 12.2. The van der Waals surface area contributed by atoms with Crippen molar-refractivity contribution in [1.29, 1.82) is 0 Å². The molecule has 0 fully saturated rings. The molecular weight excluding hydrogens is 276 g/mol. The highest BCUT2D eigenvalue weighted by Gasteiger charge is 2.16. The number of rotatable bonds is 5. The SMILES string of the molecule is CCC(Cc1ccc(C(=O)OC)cc1)n1nc(C)c(C)c1C. The van der Waals surface area contributed by atoms with Crippen molar-refractivity contribution in [2.75, 3.05) is 7.11 Å². The number of methoxy groups -OCH3 is 1. The third-order valence-corrected chi connectivity index (χ3v) is 4.35. The van der Waals surface area contributed by atoms with Crippen LogP contribution in [0, 0.1) is 20.8 Å². The molecule has 4 heteroatoms. The van der Waals surface area contributed by atoms with E-state index >= 15 is 0 Å². The van der Waals surface area contributed by atoms with E-state index in [0.717, 1.165) is 18.5 Å². The molecule has 118 valence electrons. The smallest absolute Gasteiger partial charge is 0.337 e. The fraction of sp³-hybridized carbons (Fsp3) is 0.444. The molecule has 0 spiro atoms. The van der Waals surface area contributed by atoms with Crippen LogP contribution in [0.15, 0.2) is 24.3 Å². The molecule has 2 aromatic rings. The molecule has 0 aliphatic rings. The van der Waals surface area contributed by atoms with Gasteiger partial charge in [0.2, 0.25) is 0 Å². The van der Waals surface area contributed by atoms with Crippen molar-refractivity contribution in [3.8, 4) is 0 Å². The zero-order chi connectivity index (χ0) is 16.3. The molecule has 1 aromatic carbocycles. The van der Waals surface area contributed by atoms with Crippen molar-refractivity contribution < 1.29 is 9.53 Å². The second-order valence-corrected chi connectivity index (χ2v) is 5.70. The quantitative estimate of drug-likeness (QED) is 0.789. The first-order chi connectivity index (χ1) is 10.5. The Morgan fingerprint density at radius 1 is 1.23 bits per heavy atom. The maximum atomic E-state index is 11.5. The summed E-state index contributed by atoms with van der Waals surface area (Å²) in [5, 5.41) is 4.68. The predicted octanol–water partition coefficient (Wildman–Crippen LogP) is 3.79. The van der Waals surface area contributed by atoms with Crippen molar-refractivity contribution in [3.63, 3.8) is 0 Å². The average molecular weight is 300 g/mol. The Balaban J connectivity index is 2.20. The number of nitrogens with zero attached hydrogens (tertiary/aromatic N) is 2. The van der Waals surface area contributed by atoms with Gasteiger partial charge in [0.15, 0.2) is 0 Å². The van der Waals surface area contributed by atoms with E-state index in [9.17, 15) is 4.79 Å². The number of carbonyl (C=O) groups is 1. The predicted molar refractivity (Wildman–Crippen MR) is 87.3 cm³/mol. The summed E-state index contributed by atoms with van der Waals surface area (Å²) in [6.45, 7) is 8.47. The van der Waals surface area contributed by atoms with Crippen LogP contribution in [0.4, 0.5) is 0 Å². The van der Waals surface area contributed by atoms with Gasteiger partial charge >= 0.3 is 5.97 Å². The van der Waals surface area contributed by atoms with Crippen LogP contribution in [-0.4, -0.2) is 22.9 Å². The number of aryl methyl sites for hydroxylation is 1. The molecule has 22 heavy (non-hydrogen) atoms. The Bertz CT molecular complexity index is 656. The first kappa shape index (κ1) is 16.3. The molecule has 4 nitrogen and oxygen atoms in total. The molecule has 0 saturated carbocycles. The van der Waals surface area contributed by atoms with Crippen molar-refractivity contribution in [3.05, 3.63) is 52.3 Å². The van der Waals surface area contributed by atoms with Crippen molar-refractivity contribution in [2.24, 2.45) is 0 Å². The van der Waals surface area contributed by atoms with Crippen molar-refractivity contribution >= 4 is 5.97 Å². The summed E-state index contributed by atoms with van der Waals surface area (Å²) in [6.07, 6.45) is 1.92. The number of benzene rings is 1. The fourth-order valence-corrected chi connectivity index (χ4v) is 2.67. The molecule has 1 aromatic heterocycles. The highest BCUT2D eigenvalue weighted by atomic mass is 16.5. The van der Waals surface area contributed by atoms with E-state index in [0.29, 0.717) is 11.6 Å². The fourth-order valence-electron chi connectivity index (χ4n) is 2.67. The lowest BCUT2D eigenvalue weighted by molar-refractivity contribution is 0.0600. The van der Waals surface area contributed by atoms with Gasteiger partial charge in [-0.1, -0.05) is 19.1 Å². The van der Waals surface area contributed by atoms with Crippen molar-refractivity contribution in [2.45, 2.75) is 46.6 Å². The van der Waals surface area contributed by atoms with E-state index in [1.165, 1.54) is 23.9 Å². The van der Waals surface area contributed by atoms with Crippen LogP contribution in [0.1, 0.15) is 52.3 Å². The van der Waals surface area contributed by atoms with Gasteiger partial charge in [-0.25, -0.2) is 4.79 Å². The largest absolute Gasteiger partial charge is 0.465 e. The number of ether oxygens (including phenoxy) is 1. The third-order valence-electron chi connectivity index (χ3n) is 4.35. The molecule has 0 aliphatic heterocycles. The number of carbonyl (C=O) groups excluding carboxylic acids is 1. The van der Waals surface area contributed by atoms with Crippen LogP contribution in [0.3, 0.4) is 0 Å². The van der Waals surface area contributed by atoms with Crippen LogP contribution in [0.25, 0.3) is 0 Å². The molecule has 0 radical (unpaired) electrons. The van der Waals surface area contributed by atoms with Gasteiger partial charge in [0.25, 0.3) is 0 Å². The van der Waals surface area contributed by atoms with Gasteiger partial charge < -0.3 is 4.74 Å². The van der Waals surface area contributed by atoms with Gasteiger partial charge in [0.1, 0.15) is 0 Å². The molecule has 0 aliphatic carbocycles. The minimum absolute atomic E-state index is 0.298. The standard InChI is InChI=1S/C18H24N2O2/c1-6-17(20-14(4)12(2)13(3)19-20)11-15-7-9-16(10-8-15)18(21)22-5/h7-10,17H,6,11H2,1-5H3. The lowest BCUT2D eigenvalue weighted by Crippen LogP contribution is -2.14. The van der Waals surface area contributed by atoms with Gasteiger partial charge in [0, 0.05) is 5.69 Å². The monoisotopic (exact) mass is 300 g/mol. The first-order valence-corrected chi connectivity index (χ1v) is 7.67. The summed E-state index contributed by atoms with van der Waals surface area (Å²) in [5.41, 5.74) is 5.37. The maximum absolute atomic E-state index is 11.5. The Morgan fingerprint density at radius 3 is 2.32 bits per heavy atom. The molecule has 0 bridgehead atoms. The number of aromatic nitrogens is 2. The third kappa shape index (κ3) is 3.21. The molecule has 1 unspecified atom stereocenters. The first-order valence-electron chi connectivity index (χ1n) is 7.67. The van der Waals surface area contributed by atoms with Crippen LogP contribution in [-0.2, 0) is 11.2 Å². The van der Waals surface area contributed by atoms with E-state index in [-0.39, 0.29) is 5.97 Å². The topological polar surface area (TPSA) is 44.1 Å². The average Bonchev–Trinajstić information content (AvgIpc) is 2.80. The van der Waals surface area contributed by atoms with Gasteiger partial charge in [-0.2, -0.15) is 5.10 Å². The number of hydrogen-bond donors (Lipinski definition) is 0. The Hall–Kier alpha value is -2.10. The molecule has 1 heterocycles. The second-order valence-electron chi connectivity index (χ2n) is 5.70. The van der Waals surface area contributed by atoms with Gasteiger partial charge in [-0.15, -0.1) is 0 Å². The van der Waals surface area contributed by atoms with E-state index in [2.05, 4.69) is 37.5 Å². The summed E-state index contributed by atoms with van der Waals surface area (Å²) in [5.74, 6) is -0.298. The zero-order valence-electron chi connectivity index (χ0n) is 14.0. The summed E-state index contributed by atoms with van der Waals surface area (Å²) in [6, 6.07) is 7.96. The maximum Gasteiger partial charge on any atom is 0.337 e. The van der Waals surface area contributed by atoms with Gasteiger partial charge in [0.05, 0.1) is 24.4 Å². The van der Waals surface area contributed by atoms with E-state index in [1.807, 2.05) is 24.3 Å². The molecular formula is C18H24N2O2. The number of esters is 1. The van der Waals surface area contributed by atoms with Crippen LogP contribution in [0.5, 0.6) is 0 Å². The zero-order valence-corrected chi connectivity index (χ0v) is 14.0. The minimum Gasteiger partial charge on any atom is -0.465 e. The Morgan fingerprint density at radius 2 is 1.86 bits per heavy atom. The highest BCUT2D eigenvalue weighted by molar-refractivity contribution is 5.89. The molecule has 1 atom stereocenters. The van der Waals surface area contributed by atoms with Crippen LogP contribution < -0.4 is 0 Å². The summed E-state index contributed by atoms with van der Waals surface area (Å²) >= 11 is 0. The second kappa shape index (κ2) is 6.77. The Kier molecular flexibility index (Phi) is 5.01. The lowest BCUT2D eigenvalue weighted by Gasteiger charge is -2.18. The van der Waals surface area contributed by atoms with Gasteiger partial charge in [-0.3, -0.25) is 4.68 Å². The summed E-state index contributed by atoms with van der Waals surface area (Å²) < 4.78 is 6.86. The highest BCUT2D eigenvalue weighted by Crippen LogP contribution is 2.22. The van der Waals surface area contributed by atoms with E-state index in [4.69, 9.17) is 4.74 Å². The number of hydrogen-bond acceptors (Lipinski definition) is 3. The van der Waals surface area contributed by atoms with E-state index in [1.54, 1.807) is 0 Å². The van der Waals surface area contributed by atoms with Crippen molar-refractivity contribution in [1.82, 2.24) is 9.78 Å². The van der Waals surface area contributed by atoms with Gasteiger partial charge in [-0.05, 0) is 56.9 Å². The van der Waals surface area contributed by atoms with E-state index < -0.39 is 0 Å². The van der Waals surface area contributed by atoms with Crippen LogP contribution >= 0.6 is 0 Å². The summed E-state index contributed by atoms with van der Waals surface area (Å²) in [4.78, 5) is 11.5.